The number of pyridine rings is 1. The maximum atomic E-state index is 13.6. The number of rotatable bonds is 13. The Kier molecular flexibility index (Phi) is 12.5. The standard InChI is InChI=1S/C48H55ClN8O8/c1-5-32(58)25-64-40-21-29-20-30(6-9-38(29)56(26(2)3)46(40)62)51-43-37(49)24-50-48(53-43)55-18-14-33(15-19-55)65-34-22-31(23-34)54-16-12-28(13-17-54)35-7-8-36-42(27(35)4)47(63)57(45(36)61)39-10-11-41(59)52-44(39)60/h6-9,20-21,24,26,28,31,33-34,39H,5,10-19,22-23,25H2,1-4H3,(H,50,51,53)(H,52,59,60). The molecular weight excluding hydrogens is 852 g/mol. The van der Waals surface area contributed by atoms with Gasteiger partial charge in [0.1, 0.15) is 17.7 Å². The SMILES string of the molecule is CCC(=O)COc1cc2cc(Nc3nc(N4CCC(OC5CC(N6CCC(c7ccc8c(c7C)C(=O)N(C7CCC(=O)NC7=O)C8=O)CC6)C5)CC4)ncc3Cl)ccc2n(C(C)C)c1=O. The third-order valence-corrected chi connectivity index (χ3v) is 14.1. The molecule has 17 heteroatoms. The number of nitrogens with one attached hydrogen (secondary N) is 2. The quantitative estimate of drug-likeness (QED) is 0.144. The number of amides is 4. The number of piperidine rings is 3. The van der Waals surface area contributed by atoms with Gasteiger partial charge in [0.05, 0.1) is 35.0 Å². The first-order valence-electron chi connectivity index (χ1n) is 22.9. The normalized spacial score (nSPS) is 22.1. The molecule has 342 valence electrons. The van der Waals surface area contributed by atoms with E-state index in [4.69, 9.17) is 26.1 Å². The first kappa shape index (κ1) is 44.5. The van der Waals surface area contributed by atoms with Crippen LogP contribution >= 0.6 is 11.6 Å². The van der Waals surface area contributed by atoms with Gasteiger partial charge < -0.3 is 29.2 Å². The maximum Gasteiger partial charge on any atom is 0.293 e. The minimum absolute atomic E-state index is 0.0869. The number of aromatic nitrogens is 3. The van der Waals surface area contributed by atoms with Gasteiger partial charge in [-0.1, -0.05) is 24.6 Å². The highest BCUT2D eigenvalue weighted by atomic mass is 35.5. The fraction of sp³-hybridized carbons (Fsp3) is 0.500. The molecular formula is C48H55ClN8O8. The van der Waals surface area contributed by atoms with Crippen LogP contribution in [0, 0.1) is 6.92 Å². The van der Waals surface area contributed by atoms with Gasteiger partial charge in [0.15, 0.2) is 17.4 Å². The number of ketones is 1. The number of Topliss-reactive ketones (excluding diaryl/α,β-unsaturated/α-hetero) is 1. The van der Waals surface area contributed by atoms with Crippen LogP contribution in [0.4, 0.5) is 17.5 Å². The van der Waals surface area contributed by atoms with Crippen molar-refractivity contribution in [1.82, 2.24) is 29.7 Å². The summed E-state index contributed by atoms with van der Waals surface area (Å²) in [5.74, 6) is -0.560. The fourth-order valence-corrected chi connectivity index (χ4v) is 10.3. The Morgan fingerprint density at radius 3 is 2.40 bits per heavy atom. The zero-order valence-corrected chi connectivity index (χ0v) is 38.0. The molecule has 16 nitrogen and oxygen atoms in total. The topological polar surface area (TPSA) is 185 Å². The molecule has 4 aliphatic heterocycles. The van der Waals surface area contributed by atoms with E-state index in [0.717, 1.165) is 97.3 Å². The molecule has 1 atom stereocenters. The van der Waals surface area contributed by atoms with Gasteiger partial charge in [-0.3, -0.25) is 39.0 Å². The van der Waals surface area contributed by atoms with E-state index >= 15 is 0 Å². The van der Waals surface area contributed by atoms with Crippen LogP contribution in [0.5, 0.6) is 5.75 Å². The molecule has 2 aromatic carbocycles. The van der Waals surface area contributed by atoms with Crippen molar-refractivity contribution in [2.24, 2.45) is 0 Å². The summed E-state index contributed by atoms with van der Waals surface area (Å²) in [7, 11) is 0. The van der Waals surface area contributed by atoms with E-state index in [9.17, 15) is 28.8 Å². The van der Waals surface area contributed by atoms with Gasteiger partial charge in [0.2, 0.25) is 17.8 Å². The maximum absolute atomic E-state index is 13.6. The average Bonchev–Trinajstić information content (AvgIpc) is 3.53. The number of benzene rings is 2. The summed E-state index contributed by atoms with van der Waals surface area (Å²) < 4.78 is 14.0. The molecule has 3 saturated heterocycles. The molecule has 9 rings (SSSR count). The number of carbonyl (C=O) groups is 5. The highest BCUT2D eigenvalue weighted by Gasteiger charge is 2.46. The van der Waals surface area contributed by atoms with Crippen LogP contribution in [-0.4, -0.2) is 111 Å². The van der Waals surface area contributed by atoms with Crippen molar-refractivity contribution in [3.05, 3.63) is 80.2 Å². The fourth-order valence-electron chi connectivity index (χ4n) is 10.2. The Morgan fingerprint density at radius 2 is 1.69 bits per heavy atom. The molecule has 4 amide bonds. The van der Waals surface area contributed by atoms with E-state index in [2.05, 4.69) is 25.4 Å². The van der Waals surface area contributed by atoms with E-state index in [1.807, 2.05) is 45.0 Å². The minimum atomic E-state index is -0.974. The van der Waals surface area contributed by atoms with Gasteiger partial charge in [-0.25, -0.2) is 4.98 Å². The van der Waals surface area contributed by atoms with Crippen molar-refractivity contribution in [2.75, 3.05) is 43.0 Å². The van der Waals surface area contributed by atoms with Crippen molar-refractivity contribution in [1.29, 1.82) is 0 Å². The Morgan fingerprint density at radius 1 is 0.938 bits per heavy atom. The smallest absolute Gasteiger partial charge is 0.293 e. The summed E-state index contributed by atoms with van der Waals surface area (Å²) in [5.41, 5.74) is 3.79. The lowest BCUT2D eigenvalue weighted by Gasteiger charge is -2.47. The lowest BCUT2D eigenvalue weighted by atomic mass is 9.81. The molecule has 2 N–H and O–H groups in total. The molecule has 6 heterocycles. The van der Waals surface area contributed by atoms with E-state index in [1.165, 1.54) is 0 Å². The zero-order chi connectivity index (χ0) is 45.7. The molecule has 1 aliphatic carbocycles. The van der Waals surface area contributed by atoms with E-state index in [1.54, 1.807) is 29.8 Å². The first-order chi connectivity index (χ1) is 31.3. The summed E-state index contributed by atoms with van der Waals surface area (Å²) in [4.78, 5) is 91.5. The summed E-state index contributed by atoms with van der Waals surface area (Å²) in [6.07, 6.45) is 8.17. The molecule has 1 saturated carbocycles. The second-order valence-electron chi connectivity index (χ2n) is 18.3. The van der Waals surface area contributed by atoms with Crippen LogP contribution in [0.3, 0.4) is 0 Å². The van der Waals surface area contributed by atoms with Crippen LogP contribution in [0.15, 0.2) is 47.4 Å². The molecule has 0 bridgehead atoms. The lowest BCUT2D eigenvalue weighted by molar-refractivity contribution is -0.136. The number of carbonyl (C=O) groups excluding carboxylic acids is 5. The van der Waals surface area contributed by atoms with Crippen molar-refractivity contribution in [3.63, 3.8) is 0 Å². The number of anilines is 3. The van der Waals surface area contributed by atoms with Gasteiger partial charge in [0, 0.05) is 49.1 Å². The highest BCUT2D eigenvalue weighted by Crippen LogP contribution is 2.40. The summed E-state index contributed by atoms with van der Waals surface area (Å²) in [6, 6.07) is 10.4. The number of imide groups is 2. The van der Waals surface area contributed by atoms with Crippen molar-refractivity contribution in [3.8, 4) is 5.75 Å². The molecule has 4 aromatic rings. The number of hydrogen-bond acceptors (Lipinski definition) is 13. The Bertz CT molecular complexity index is 2630. The van der Waals surface area contributed by atoms with Crippen LogP contribution in [0.1, 0.15) is 122 Å². The van der Waals surface area contributed by atoms with E-state index in [0.29, 0.717) is 40.4 Å². The van der Waals surface area contributed by atoms with Gasteiger partial charge in [-0.15, -0.1) is 0 Å². The Labute approximate surface area is 382 Å². The molecule has 2 aromatic heterocycles. The molecule has 1 unspecified atom stereocenters. The van der Waals surface area contributed by atoms with Crippen molar-refractivity contribution >= 4 is 69.4 Å². The average molecular weight is 907 g/mol. The van der Waals surface area contributed by atoms with Crippen LogP contribution in [0.2, 0.25) is 5.02 Å². The summed E-state index contributed by atoms with van der Waals surface area (Å²) in [6.45, 7) is 10.8. The number of nitrogens with zero attached hydrogens (tertiary/aromatic N) is 6. The highest BCUT2D eigenvalue weighted by molar-refractivity contribution is 6.33. The Hall–Kier alpha value is -5.71. The summed E-state index contributed by atoms with van der Waals surface area (Å²) in [5, 5.41) is 6.75. The second kappa shape index (κ2) is 18.3. The van der Waals surface area contributed by atoms with Gasteiger partial charge in [-0.05, 0) is 126 Å². The predicted octanol–water partition coefficient (Wildman–Crippen LogP) is 6.23. The summed E-state index contributed by atoms with van der Waals surface area (Å²) >= 11 is 6.61. The molecule has 4 fully saturated rings. The number of fused-ring (bicyclic) bond motifs is 2. The van der Waals surface area contributed by atoms with E-state index in [-0.39, 0.29) is 66.6 Å². The van der Waals surface area contributed by atoms with Crippen LogP contribution in [0.25, 0.3) is 10.9 Å². The Balaban J connectivity index is 0.752. The van der Waals surface area contributed by atoms with Crippen LogP contribution < -0.4 is 25.8 Å². The van der Waals surface area contributed by atoms with Crippen LogP contribution in [-0.2, 0) is 19.1 Å². The van der Waals surface area contributed by atoms with E-state index < -0.39 is 23.8 Å². The third-order valence-electron chi connectivity index (χ3n) is 13.9. The first-order valence-corrected chi connectivity index (χ1v) is 23.3. The molecule has 0 spiro atoms. The zero-order valence-electron chi connectivity index (χ0n) is 37.2. The van der Waals surface area contributed by atoms with Gasteiger partial charge >= 0.3 is 0 Å². The third kappa shape index (κ3) is 8.75. The van der Waals surface area contributed by atoms with Gasteiger partial charge in [-0.2, -0.15) is 4.98 Å². The molecule has 65 heavy (non-hydrogen) atoms. The monoisotopic (exact) mass is 906 g/mol. The predicted molar refractivity (Wildman–Crippen MR) is 244 cm³/mol. The number of hydrogen-bond donors (Lipinski definition) is 2. The van der Waals surface area contributed by atoms with Gasteiger partial charge in [0.25, 0.3) is 17.4 Å². The number of ether oxygens (including phenoxy) is 2. The molecule has 5 aliphatic rings. The number of likely N-dealkylation sites (tertiary alicyclic amines) is 1. The molecule has 0 radical (unpaired) electrons. The second-order valence-corrected chi connectivity index (χ2v) is 18.7. The van der Waals surface area contributed by atoms with Crippen molar-refractivity contribution in [2.45, 2.75) is 122 Å². The lowest BCUT2D eigenvalue weighted by Crippen LogP contribution is -2.54. The largest absolute Gasteiger partial charge is 0.480 e. The van der Waals surface area contributed by atoms with Crippen molar-refractivity contribution < 1.29 is 33.4 Å². The minimum Gasteiger partial charge on any atom is -0.480 e. The number of halogens is 1.